The van der Waals surface area contributed by atoms with Crippen LogP contribution in [0.2, 0.25) is 5.02 Å². The molecule has 0 spiro atoms. The summed E-state index contributed by atoms with van der Waals surface area (Å²) in [6.45, 7) is 9.01. The number of fused-ring (bicyclic) bond motifs is 2. The monoisotopic (exact) mass is 907 g/mol. The van der Waals surface area contributed by atoms with Crippen LogP contribution < -0.4 is 24.4 Å². The Morgan fingerprint density at radius 1 is 0.841 bits per heavy atom. The van der Waals surface area contributed by atoms with Gasteiger partial charge in [0.1, 0.15) is 5.92 Å². The summed E-state index contributed by atoms with van der Waals surface area (Å²) in [7, 11) is -3.67. The van der Waals surface area contributed by atoms with Gasteiger partial charge in [0.25, 0.3) is 0 Å². The van der Waals surface area contributed by atoms with Crippen molar-refractivity contribution in [3.63, 3.8) is 0 Å². The Hall–Kier alpha value is -4.43. The molecule has 2 N–H and O–H groups in total. The van der Waals surface area contributed by atoms with Crippen LogP contribution in [0.4, 0.5) is 17.1 Å². The van der Waals surface area contributed by atoms with E-state index in [9.17, 15) is 18.0 Å². The fraction of sp³-hybridized carbons (Fsp3) is 0.604. The summed E-state index contributed by atoms with van der Waals surface area (Å²) in [6, 6.07) is 12.3. The average Bonchev–Trinajstić information content (AvgIpc) is 3.89. The molecule has 2 atom stereocenters. The minimum absolute atomic E-state index is 0.0126. The number of halogens is 1. The first kappa shape index (κ1) is 49.6. The minimum atomic E-state index is -3.67. The first-order valence-corrected chi connectivity index (χ1v) is 25.6. The predicted molar refractivity (Wildman–Crippen MR) is 255 cm³/mol. The van der Waals surface area contributed by atoms with Crippen molar-refractivity contribution in [2.24, 2.45) is 5.92 Å². The van der Waals surface area contributed by atoms with Crippen LogP contribution >= 0.6 is 11.6 Å². The largest absolute Gasteiger partial charge is 0.476 e. The Labute approximate surface area is 380 Å². The number of unbranched alkanes of at least 4 members (excludes halogenated alkanes) is 14. The SMILES string of the molecule is CCCCCCCCCCCCCCCCS(=O)(=O)Nc1ccc(Cl)c(NC(=O)C(Cn2cnc3c(OCCC)nc(OC(C)CCCC)nc32)C(=O)N2CCc3ccccc32)c1. The van der Waals surface area contributed by atoms with Crippen LogP contribution in [0, 0.1) is 5.92 Å². The lowest BCUT2D eigenvalue weighted by molar-refractivity contribution is -0.131. The maximum Gasteiger partial charge on any atom is 0.322 e. The van der Waals surface area contributed by atoms with Crippen LogP contribution in [-0.2, 0) is 32.6 Å². The van der Waals surface area contributed by atoms with E-state index in [0.29, 0.717) is 37.2 Å². The zero-order valence-corrected chi connectivity index (χ0v) is 39.6. The average molecular weight is 909 g/mol. The number of aromatic nitrogens is 4. The molecule has 0 saturated heterocycles. The summed E-state index contributed by atoms with van der Waals surface area (Å²) >= 11 is 6.62. The number of imidazole rings is 1. The summed E-state index contributed by atoms with van der Waals surface area (Å²) in [5, 5.41) is 3.04. The van der Waals surface area contributed by atoms with E-state index in [4.69, 9.17) is 26.1 Å². The van der Waals surface area contributed by atoms with Gasteiger partial charge in [0.05, 0.1) is 41.2 Å². The van der Waals surface area contributed by atoms with Gasteiger partial charge in [-0.1, -0.05) is 147 Å². The van der Waals surface area contributed by atoms with Crippen LogP contribution in [0.15, 0.2) is 48.8 Å². The maximum absolute atomic E-state index is 14.6. The van der Waals surface area contributed by atoms with Crippen molar-refractivity contribution in [2.45, 2.75) is 162 Å². The highest BCUT2D eigenvalue weighted by Crippen LogP contribution is 2.32. The van der Waals surface area contributed by atoms with E-state index >= 15 is 0 Å². The quantitative estimate of drug-likeness (QED) is 0.0384. The van der Waals surface area contributed by atoms with E-state index in [1.54, 1.807) is 15.5 Å². The molecule has 2 aromatic carbocycles. The molecule has 0 radical (unpaired) electrons. The highest BCUT2D eigenvalue weighted by atomic mass is 35.5. The first-order chi connectivity index (χ1) is 30.5. The van der Waals surface area contributed by atoms with Crippen LogP contribution in [0.1, 0.15) is 149 Å². The van der Waals surface area contributed by atoms with Crippen molar-refractivity contribution < 1.29 is 27.5 Å². The number of carbonyl (C=O) groups excluding carboxylic acids is 2. The van der Waals surface area contributed by atoms with Gasteiger partial charge < -0.3 is 24.3 Å². The van der Waals surface area contributed by atoms with Gasteiger partial charge >= 0.3 is 6.01 Å². The summed E-state index contributed by atoms with van der Waals surface area (Å²) in [5.74, 6) is -2.07. The molecule has 5 rings (SSSR count). The van der Waals surface area contributed by atoms with E-state index in [0.717, 1.165) is 56.2 Å². The lowest BCUT2D eigenvalue weighted by Gasteiger charge is -2.24. The van der Waals surface area contributed by atoms with E-state index in [1.165, 1.54) is 82.7 Å². The molecule has 0 aliphatic carbocycles. The third-order valence-electron chi connectivity index (χ3n) is 11.5. The van der Waals surface area contributed by atoms with Gasteiger partial charge in [-0.15, -0.1) is 0 Å². The fourth-order valence-corrected chi connectivity index (χ4v) is 9.30. The molecular weight excluding hydrogens is 838 g/mol. The van der Waals surface area contributed by atoms with Crippen molar-refractivity contribution >= 4 is 61.7 Å². The molecule has 63 heavy (non-hydrogen) atoms. The molecule has 0 bridgehead atoms. The second-order valence-electron chi connectivity index (χ2n) is 16.9. The molecule has 4 aromatic rings. The lowest BCUT2D eigenvalue weighted by atomic mass is 10.0. The Morgan fingerprint density at radius 3 is 2.19 bits per heavy atom. The number of sulfonamides is 1. The van der Waals surface area contributed by atoms with E-state index in [1.807, 2.05) is 38.1 Å². The van der Waals surface area contributed by atoms with Gasteiger partial charge in [0.2, 0.25) is 27.7 Å². The zero-order valence-electron chi connectivity index (χ0n) is 38.0. The van der Waals surface area contributed by atoms with Crippen molar-refractivity contribution in [3.05, 3.63) is 59.4 Å². The van der Waals surface area contributed by atoms with Crippen molar-refractivity contribution in [1.82, 2.24) is 19.5 Å². The Balaban J connectivity index is 1.25. The number of benzene rings is 2. The number of rotatable bonds is 30. The van der Waals surface area contributed by atoms with Crippen LogP contribution in [0.3, 0.4) is 0 Å². The third kappa shape index (κ3) is 15.4. The second-order valence-corrected chi connectivity index (χ2v) is 19.2. The summed E-state index contributed by atoms with van der Waals surface area (Å²) in [5.41, 5.74) is 2.93. The van der Waals surface area contributed by atoms with E-state index in [2.05, 4.69) is 33.9 Å². The molecule has 0 fully saturated rings. The van der Waals surface area contributed by atoms with Gasteiger partial charge in [0.15, 0.2) is 11.2 Å². The van der Waals surface area contributed by atoms with Crippen LogP contribution in [0.25, 0.3) is 11.2 Å². The summed E-state index contributed by atoms with van der Waals surface area (Å²) in [6.07, 6.45) is 22.2. The van der Waals surface area contributed by atoms with Gasteiger partial charge in [-0.3, -0.25) is 14.3 Å². The second kappa shape index (κ2) is 25.8. The molecule has 15 heteroatoms. The number of hydrogen-bond donors (Lipinski definition) is 2. The molecule has 1 aliphatic heterocycles. The van der Waals surface area contributed by atoms with E-state index in [-0.39, 0.29) is 46.7 Å². The first-order valence-electron chi connectivity index (χ1n) is 23.6. The smallest absolute Gasteiger partial charge is 0.322 e. The van der Waals surface area contributed by atoms with Crippen molar-refractivity contribution in [3.8, 4) is 11.9 Å². The molecule has 2 aromatic heterocycles. The minimum Gasteiger partial charge on any atom is -0.476 e. The number of hydrogen-bond acceptors (Lipinski definition) is 9. The molecule has 3 heterocycles. The number of carbonyl (C=O) groups is 2. The fourth-order valence-electron chi connectivity index (χ4n) is 7.96. The highest BCUT2D eigenvalue weighted by molar-refractivity contribution is 7.92. The number of ether oxygens (including phenoxy) is 2. The number of nitrogens with zero attached hydrogens (tertiary/aromatic N) is 5. The normalized spacial score (nSPS) is 13.5. The Bertz CT molecular complexity index is 2170. The van der Waals surface area contributed by atoms with Gasteiger partial charge in [-0.25, -0.2) is 13.4 Å². The summed E-state index contributed by atoms with van der Waals surface area (Å²) < 4.78 is 42.7. The van der Waals surface area contributed by atoms with Crippen molar-refractivity contribution in [2.75, 3.05) is 33.8 Å². The predicted octanol–water partition coefficient (Wildman–Crippen LogP) is 11.3. The van der Waals surface area contributed by atoms with Gasteiger partial charge in [-0.2, -0.15) is 9.97 Å². The number of nitrogens with one attached hydrogen (secondary N) is 2. The highest BCUT2D eigenvalue weighted by Gasteiger charge is 2.36. The standard InChI is InChI=1S/C48H70ClN7O6S/c1-5-8-10-11-12-13-14-15-16-17-18-19-20-23-32-63(59,60)54-38-27-28-40(49)41(33-38)51-45(57)39(47(58)56-30-29-37-25-21-22-26-42(37)56)34-55-35-50-43-44(55)52-48(53-46(43)61-31-7-3)62-36(4)24-9-6-2/h21-22,25-28,33,35-36,39,54H,5-20,23-24,29-32,34H2,1-4H3,(H,51,57). The summed E-state index contributed by atoms with van der Waals surface area (Å²) in [4.78, 5) is 44.4. The molecular formula is C48H70ClN7O6S. The Morgan fingerprint density at radius 2 is 1.51 bits per heavy atom. The number of amides is 2. The molecule has 0 saturated carbocycles. The molecule has 1 aliphatic rings. The van der Waals surface area contributed by atoms with Gasteiger partial charge in [-0.05, 0) is 62.4 Å². The van der Waals surface area contributed by atoms with E-state index < -0.39 is 27.8 Å². The van der Waals surface area contributed by atoms with Crippen LogP contribution in [-0.4, -0.2) is 64.8 Å². The number of para-hydroxylation sites is 1. The molecule has 2 amide bonds. The topological polar surface area (TPSA) is 158 Å². The zero-order chi connectivity index (χ0) is 45.0. The van der Waals surface area contributed by atoms with Crippen LogP contribution in [0.5, 0.6) is 11.9 Å². The molecule has 2 unspecified atom stereocenters. The Kier molecular flexibility index (Phi) is 20.3. The number of anilines is 3. The van der Waals surface area contributed by atoms with Crippen molar-refractivity contribution in [1.29, 1.82) is 0 Å². The van der Waals surface area contributed by atoms with Gasteiger partial charge in [0, 0.05) is 18.8 Å². The lowest BCUT2D eigenvalue weighted by Crippen LogP contribution is -2.43. The third-order valence-corrected chi connectivity index (χ3v) is 13.2. The molecule has 13 nitrogen and oxygen atoms in total. The molecule has 346 valence electrons. The maximum atomic E-state index is 14.6.